The van der Waals surface area contributed by atoms with Gasteiger partial charge in [0.15, 0.2) is 5.78 Å². The van der Waals surface area contributed by atoms with Gasteiger partial charge in [-0.3, -0.25) is 29.1 Å². The second kappa shape index (κ2) is 15.2. The second-order valence-corrected chi connectivity index (χ2v) is 21.4. The molecule has 1 aromatic rings. The molecule has 4 fully saturated rings. The lowest BCUT2D eigenvalue weighted by molar-refractivity contribution is -0.235. The molecule has 10 nitrogen and oxygen atoms in total. The minimum Gasteiger partial charge on any atom is -0.481 e. The molecule has 1 amide bonds. The maximum atomic E-state index is 14.3. The topological polar surface area (TPSA) is 137 Å². The highest BCUT2D eigenvalue weighted by Crippen LogP contribution is 2.77. The highest BCUT2D eigenvalue weighted by molar-refractivity contribution is 6.00. The first kappa shape index (κ1) is 43.5. The summed E-state index contributed by atoms with van der Waals surface area (Å²) in [6.07, 6.45) is 10.0. The zero-order valence-corrected chi connectivity index (χ0v) is 36.7. The van der Waals surface area contributed by atoms with E-state index in [-0.39, 0.29) is 70.8 Å². The molecule has 1 aromatic heterocycles. The number of Topliss-reactive ketones (excluding diaryl/α,β-unsaturated/α-hetero) is 1. The van der Waals surface area contributed by atoms with Crippen molar-refractivity contribution in [1.29, 1.82) is 0 Å². The van der Waals surface area contributed by atoms with Gasteiger partial charge in [-0.15, -0.1) is 0 Å². The molecule has 2 unspecified atom stereocenters. The number of carboxylic acid groups (broad SMARTS) is 1. The van der Waals surface area contributed by atoms with Crippen LogP contribution in [-0.2, 0) is 30.5 Å². The SMILES string of the molecule is CC(C)C1=C2[C@H]3CC[C@@H]4[C@@]5(C)CC[C@H](OC(=O)CC(C)(C)C(=O)O)C(C)(C)[C@@H]5CC[C@@]4(C)[C@]3(C)CCC2(C(O)CN(CC(=O)N(C)C)Cc2cccnc2)CC1=O. The Balaban J connectivity index is 1.30. The van der Waals surface area contributed by atoms with Gasteiger partial charge in [-0.05, 0) is 122 Å². The Kier molecular flexibility index (Phi) is 11.6. The Morgan fingerprint density at radius 2 is 1.67 bits per heavy atom. The number of ether oxygens (including phenoxy) is 1. The Labute approximate surface area is 341 Å². The third kappa shape index (κ3) is 7.20. The summed E-state index contributed by atoms with van der Waals surface area (Å²) in [6, 6.07) is 3.89. The number of aliphatic hydroxyl groups excluding tert-OH is 1. The van der Waals surface area contributed by atoms with Gasteiger partial charge < -0.3 is 19.8 Å². The molecule has 4 saturated carbocycles. The van der Waals surface area contributed by atoms with E-state index in [0.717, 1.165) is 62.5 Å². The number of carbonyl (C=O) groups excluding carboxylic acids is 3. The van der Waals surface area contributed by atoms with Crippen molar-refractivity contribution in [2.24, 2.45) is 56.2 Å². The Morgan fingerprint density at radius 3 is 2.28 bits per heavy atom. The van der Waals surface area contributed by atoms with Crippen LogP contribution in [0.1, 0.15) is 132 Å². The van der Waals surface area contributed by atoms with Crippen LogP contribution in [0.15, 0.2) is 35.7 Å². The second-order valence-electron chi connectivity index (χ2n) is 21.4. The number of rotatable bonds is 12. The molecule has 9 atom stereocenters. The van der Waals surface area contributed by atoms with Crippen molar-refractivity contribution in [3.8, 4) is 0 Å². The lowest BCUT2D eigenvalue weighted by Gasteiger charge is -2.72. The largest absolute Gasteiger partial charge is 0.481 e. The predicted octanol–water partition coefficient (Wildman–Crippen LogP) is 7.73. The van der Waals surface area contributed by atoms with Gasteiger partial charge >= 0.3 is 11.9 Å². The number of likely N-dealkylation sites (N-methyl/N-ethyl adjacent to an activating group) is 1. The molecule has 6 rings (SSSR count). The lowest BCUT2D eigenvalue weighted by atomic mass is 9.33. The number of allylic oxidation sites excluding steroid dienone is 1. The van der Waals surface area contributed by atoms with E-state index >= 15 is 0 Å². The summed E-state index contributed by atoms with van der Waals surface area (Å²) in [4.78, 5) is 60.3. The fraction of sp³-hybridized carbons (Fsp3) is 0.766. The van der Waals surface area contributed by atoms with Crippen molar-refractivity contribution in [3.63, 3.8) is 0 Å². The molecular weight excluding hydrogens is 719 g/mol. The van der Waals surface area contributed by atoms with Gasteiger partial charge in [0.1, 0.15) is 6.10 Å². The molecule has 0 spiro atoms. The Bertz CT molecular complexity index is 1770. The number of hydrogen-bond acceptors (Lipinski definition) is 8. The van der Waals surface area contributed by atoms with E-state index in [0.29, 0.717) is 24.8 Å². The van der Waals surface area contributed by atoms with Gasteiger partial charge in [-0.1, -0.05) is 60.1 Å². The van der Waals surface area contributed by atoms with Crippen molar-refractivity contribution in [2.45, 2.75) is 145 Å². The molecule has 0 bridgehead atoms. The molecule has 5 aliphatic carbocycles. The van der Waals surface area contributed by atoms with Crippen LogP contribution in [0.2, 0.25) is 0 Å². The van der Waals surface area contributed by atoms with Crippen LogP contribution < -0.4 is 0 Å². The summed E-state index contributed by atoms with van der Waals surface area (Å²) in [5.74, 6) is -0.302. The summed E-state index contributed by atoms with van der Waals surface area (Å²) < 4.78 is 6.18. The molecule has 5 aliphatic rings. The lowest BCUT2D eigenvalue weighted by Crippen LogP contribution is -2.66. The highest BCUT2D eigenvalue weighted by Gasteiger charge is 2.71. The number of aliphatic carboxylic acids is 1. The molecule has 1 heterocycles. The van der Waals surface area contributed by atoms with Crippen LogP contribution in [0.4, 0.5) is 0 Å². The quantitative estimate of drug-likeness (QED) is 0.204. The number of esters is 1. The number of fused-ring (bicyclic) bond motifs is 7. The number of nitrogens with zero attached hydrogens (tertiary/aromatic N) is 3. The zero-order chi connectivity index (χ0) is 42.1. The molecular formula is C47H71N3O7. The van der Waals surface area contributed by atoms with Crippen LogP contribution in [0.3, 0.4) is 0 Å². The van der Waals surface area contributed by atoms with Gasteiger partial charge in [-0.25, -0.2) is 0 Å². The van der Waals surface area contributed by atoms with Crippen LogP contribution in [-0.4, -0.2) is 88.0 Å². The average molecular weight is 790 g/mol. The number of ketones is 1. The minimum atomic E-state index is -1.18. The fourth-order valence-electron chi connectivity index (χ4n) is 13.6. The van der Waals surface area contributed by atoms with Gasteiger partial charge in [0.25, 0.3) is 0 Å². The van der Waals surface area contributed by atoms with E-state index in [1.807, 2.05) is 23.2 Å². The van der Waals surface area contributed by atoms with E-state index in [1.165, 1.54) is 5.57 Å². The number of amides is 1. The maximum absolute atomic E-state index is 14.3. The predicted molar refractivity (Wildman–Crippen MR) is 220 cm³/mol. The first-order valence-corrected chi connectivity index (χ1v) is 21.6. The number of hydrogen-bond donors (Lipinski definition) is 2. The Hall–Kier alpha value is -3.11. The molecule has 0 aliphatic heterocycles. The fourth-order valence-corrected chi connectivity index (χ4v) is 13.6. The maximum Gasteiger partial charge on any atom is 0.309 e. The smallest absolute Gasteiger partial charge is 0.309 e. The van der Waals surface area contributed by atoms with Gasteiger partial charge in [-0.2, -0.15) is 0 Å². The molecule has 2 N–H and O–H groups in total. The summed E-state index contributed by atoms with van der Waals surface area (Å²) in [7, 11) is 3.51. The first-order valence-electron chi connectivity index (χ1n) is 21.6. The van der Waals surface area contributed by atoms with Gasteiger partial charge in [0, 0.05) is 56.8 Å². The van der Waals surface area contributed by atoms with Crippen molar-refractivity contribution >= 4 is 23.6 Å². The van der Waals surface area contributed by atoms with Crippen LogP contribution in [0, 0.1) is 56.2 Å². The van der Waals surface area contributed by atoms with Crippen LogP contribution in [0.25, 0.3) is 0 Å². The van der Waals surface area contributed by atoms with Crippen molar-refractivity contribution in [2.75, 3.05) is 27.2 Å². The molecule has 57 heavy (non-hydrogen) atoms. The number of aromatic nitrogens is 1. The molecule has 10 heteroatoms. The van der Waals surface area contributed by atoms with Gasteiger partial charge in [0.05, 0.1) is 24.5 Å². The van der Waals surface area contributed by atoms with E-state index < -0.39 is 28.9 Å². The third-order valence-corrected chi connectivity index (χ3v) is 16.9. The minimum absolute atomic E-state index is 0.00537. The van der Waals surface area contributed by atoms with Crippen LogP contribution in [0.5, 0.6) is 0 Å². The molecule has 0 radical (unpaired) electrons. The Morgan fingerprint density at radius 1 is 0.965 bits per heavy atom. The van der Waals surface area contributed by atoms with Crippen molar-refractivity contribution in [3.05, 3.63) is 41.2 Å². The summed E-state index contributed by atoms with van der Waals surface area (Å²) in [6.45, 7) is 20.4. The van der Waals surface area contributed by atoms with E-state index in [4.69, 9.17) is 4.74 Å². The average Bonchev–Trinajstić information content (AvgIpc) is 3.43. The molecule has 316 valence electrons. The normalized spacial score (nSPS) is 35.2. The third-order valence-electron chi connectivity index (χ3n) is 16.9. The van der Waals surface area contributed by atoms with Crippen molar-refractivity contribution in [1.82, 2.24) is 14.8 Å². The summed E-state index contributed by atoms with van der Waals surface area (Å²) in [5.41, 5.74) is 0.931. The number of pyridine rings is 1. The van der Waals surface area contributed by atoms with Crippen molar-refractivity contribution < 1.29 is 34.1 Å². The number of carboxylic acids is 1. The number of carbonyl (C=O) groups is 4. The molecule has 0 saturated heterocycles. The van der Waals surface area contributed by atoms with Gasteiger partial charge in [0.2, 0.25) is 5.91 Å². The van der Waals surface area contributed by atoms with E-state index in [1.54, 1.807) is 39.0 Å². The van der Waals surface area contributed by atoms with E-state index in [9.17, 15) is 29.4 Å². The summed E-state index contributed by atoms with van der Waals surface area (Å²) >= 11 is 0. The zero-order valence-electron chi connectivity index (χ0n) is 36.7. The highest BCUT2D eigenvalue weighted by atomic mass is 16.5. The van der Waals surface area contributed by atoms with Crippen LogP contribution >= 0.6 is 0 Å². The standard InChI is InChI=1S/C47H71N3O7/c1-29(2)39-32(51)23-47(35(52)27-50(28-37(53)49(10)11)26-30-13-12-22-48-25-30)21-20-45(8)31(40(39)47)14-15-34-44(7)18-17-36(57-38(54)24-42(3,4)41(55)56)43(5,6)33(44)16-19-46(34,45)9/h12-13,22,25,29,31,33-36,52H,14-21,23-24,26-28H2,1-11H3,(H,55,56)/t31-,33+,34-,35?,36+,44+,45-,46-,47?/m1/s1. The number of aliphatic hydroxyl groups is 1. The van der Waals surface area contributed by atoms with E-state index in [2.05, 4.69) is 53.5 Å². The molecule has 0 aromatic carbocycles. The summed E-state index contributed by atoms with van der Waals surface area (Å²) in [5, 5.41) is 22.3. The monoisotopic (exact) mass is 790 g/mol. The first-order chi connectivity index (χ1) is 26.4.